The number of hydrogen-bond donors (Lipinski definition) is 0. The number of rotatable bonds is 1. The number of piperidine rings is 1. The van der Waals surface area contributed by atoms with E-state index in [0.29, 0.717) is 0 Å². The van der Waals surface area contributed by atoms with Gasteiger partial charge in [0.25, 0.3) is 0 Å². The second-order valence-corrected chi connectivity index (χ2v) is 4.39. The fourth-order valence-electron chi connectivity index (χ4n) is 1.54. The van der Waals surface area contributed by atoms with Crippen molar-refractivity contribution in [2.75, 3.05) is 13.1 Å². The van der Waals surface area contributed by atoms with Gasteiger partial charge in [-0.2, -0.15) is 0 Å². The third kappa shape index (κ3) is 6.14. The normalized spacial score (nSPS) is 19.5. The SMILES string of the molecule is CC1CCN(C(C)C)CC1.C[B]C. The average Bonchev–Trinajstić information content (AvgIpc) is 2.06. The minimum absolute atomic E-state index is 0.757. The van der Waals surface area contributed by atoms with Crippen LogP contribution in [0.5, 0.6) is 0 Å². The lowest BCUT2D eigenvalue weighted by Crippen LogP contribution is -2.37. The van der Waals surface area contributed by atoms with Gasteiger partial charge in [-0.1, -0.05) is 20.6 Å². The molecular weight excluding hydrogens is 157 g/mol. The summed E-state index contributed by atoms with van der Waals surface area (Å²) in [6.45, 7) is 13.6. The van der Waals surface area contributed by atoms with Gasteiger partial charge in [0, 0.05) is 6.04 Å². The molecule has 1 saturated heterocycles. The molecule has 0 bridgehead atoms. The first kappa shape index (κ1) is 13.0. The molecule has 0 aromatic rings. The van der Waals surface area contributed by atoms with Gasteiger partial charge in [-0.3, -0.25) is 0 Å². The zero-order chi connectivity index (χ0) is 10.3. The molecule has 0 atom stereocenters. The highest BCUT2D eigenvalue weighted by molar-refractivity contribution is 6.31. The van der Waals surface area contributed by atoms with Crippen LogP contribution in [0.4, 0.5) is 0 Å². The molecule has 0 aromatic carbocycles. The van der Waals surface area contributed by atoms with Gasteiger partial charge < -0.3 is 4.90 Å². The van der Waals surface area contributed by atoms with Crippen LogP contribution in [-0.2, 0) is 0 Å². The van der Waals surface area contributed by atoms with Crippen molar-refractivity contribution in [3.63, 3.8) is 0 Å². The molecule has 1 radical (unpaired) electrons. The van der Waals surface area contributed by atoms with E-state index >= 15 is 0 Å². The highest BCUT2D eigenvalue weighted by atomic mass is 15.1. The van der Waals surface area contributed by atoms with E-state index in [0.717, 1.165) is 12.0 Å². The lowest BCUT2D eigenvalue weighted by Gasteiger charge is -2.33. The van der Waals surface area contributed by atoms with E-state index in [1.54, 1.807) is 0 Å². The van der Waals surface area contributed by atoms with Gasteiger partial charge in [-0.05, 0) is 45.7 Å². The molecule has 0 aliphatic carbocycles. The Morgan fingerprint density at radius 3 is 1.85 bits per heavy atom. The maximum Gasteiger partial charge on any atom is 0.102 e. The monoisotopic (exact) mass is 182 g/mol. The average molecular weight is 182 g/mol. The first-order chi connectivity index (χ1) is 6.11. The molecule has 0 saturated carbocycles. The van der Waals surface area contributed by atoms with Gasteiger partial charge in [0.2, 0.25) is 0 Å². The summed E-state index contributed by atoms with van der Waals surface area (Å²) < 4.78 is 0. The van der Waals surface area contributed by atoms with E-state index in [1.165, 1.54) is 25.9 Å². The summed E-state index contributed by atoms with van der Waals surface area (Å²) in [4.78, 5) is 2.57. The molecule has 1 aliphatic heterocycles. The molecule has 0 amide bonds. The van der Waals surface area contributed by atoms with Crippen molar-refractivity contribution in [3.8, 4) is 0 Å². The molecule has 1 heterocycles. The van der Waals surface area contributed by atoms with Gasteiger partial charge in [-0.25, -0.2) is 0 Å². The largest absolute Gasteiger partial charge is 0.301 e. The summed E-state index contributed by atoms with van der Waals surface area (Å²) in [5.41, 5.74) is 0. The van der Waals surface area contributed by atoms with Crippen molar-refractivity contribution in [1.29, 1.82) is 0 Å². The summed E-state index contributed by atoms with van der Waals surface area (Å²) in [5, 5.41) is 0. The van der Waals surface area contributed by atoms with Crippen LogP contribution in [0.25, 0.3) is 0 Å². The highest BCUT2D eigenvalue weighted by Gasteiger charge is 2.16. The lowest BCUT2D eigenvalue weighted by atomic mass is 9.88. The molecular formula is C11H25BN. The summed E-state index contributed by atoms with van der Waals surface area (Å²) in [5.74, 6) is 0.968. The minimum atomic E-state index is 0.757. The first-order valence-corrected chi connectivity index (χ1v) is 5.59. The molecule has 1 nitrogen and oxygen atoms in total. The number of likely N-dealkylation sites (tertiary alicyclic amines) is 1. The molecule has 1 rings (SSSR count). The molecule has 0 aromatic heterocycles. The third-order valence-electron chi connectivity index (χ3n) is 2.55. The van der Waals surface area contributed by atoms with E-state index in [2.05, 4.69) is 25.7 Å². The predicted octanol–water partition coefficient (Wildman–Crippen LogP) is 2.91. The minimum Gasteiger partial charge on any atom is -0.301 e. The summed E-state index contributed by atoms with van der Waals surface area (Å²) in [6, 6.07) is 0.757. The van der Waals surface area contributed by atoms with Crippen LogP contribution in [0.2, 0.25) is 13.6 Å². The highest BCUT2D eigenvalue weighted by Crippen LogP contribution is 2.17. The molecule has 13 heavy (non-hydrogen) atoms. The quantitative estimate of drug-likeness (QED) is 0.563. The predicted molar refractivity (Wildman–Crippen MR) is 62.6 cm³/mol. The van der Waals surface area contributed by atoms with E-state index < -0.39 is 0 Å². The zero-order valence-corrected chi connectivity index (χ0v) is 10.0. The van der Waals surface area contributed by atoms with Gasteiger partial charge in [0.1, 0.15) is 7.28 Å². The van der Waals surface area contributed by atoms with Gasteiger partial charge in [0.05, 0.1) is 0 Å². The maximum atomic E-state index is 2.57. The Morgan fingerprint density at radius 1 is 1.15 bits per heavy atom. The Labute approximate surface area is 85.1 Å². The molecule has 0 unspecified atom stereocenters. The summed E-state index contributed by atoms with van der Waals surface area (Å²) in [7, 11) is 2.00. The van der Waals surface area contributed by atoms with Crippen LogP contribution >= 0.6 is 0 Å². The van der Waals surface area contributed by atoms with Crippen molar-refractivity contribution in [2.45, 2.75) is 53.3 Å². The van der Waals surface area contributed by atoms with Gasteiger partial charge in [-0.15, -0.1) is 0 Å². The van der Waals surface area contributed by atoms with Crippen LogP contribution in [0.15, 0.2) is 0 Å². The Morgan fingerprint density at radius 2 is 1.54 bits per heavy atom. The van der Waals surface area contributed by atoms with E-state index in [4.69, 9.17) is 0 Å². The van der Waals surface area contributed by atoms with E-state index in [-0.39, 0.29) is 0 Å². The Bertz CT molecular complexity index is 107. The van der Waals surface area contributed by atoms with Crippen LogP contribution in [0.1, 0.15) is 33.6 Å². The number of nitrogens with zero attached hydrogens (tertiary/aromatic N) is 1. The molecule has 1 fully saturated rings. The van der Waals surface area contributed by atoms with Gasteiger partial charge in [0.15, 0.2) is 0 Å². The van der Waals surface area contributed by atoms with Gasteiger partial charge >= 0.3 is 0 Å². The van der Waals surface area contributed by atoms with Crippen molar-refractivity contribution in [2.24, 2.45) is 5.92 Å². The van der Waals surface area contributed by atoms with Crippen molar-refractivity contribution >= 4 is 7.28 Å². The molecule has 2 heteroatoms. The summed E-state index contributed by atoms with van der Waals surface area (Å²) in [6.07, 6.45) is 2.80. The van der Waals surface area contributed by atoms with Crippen LogP contribution in [0, 0.1) is 5.92 Å². The maximum absolute atomic E-state index is 2.57. The van der Waals surface area contributed by atoms with Crippen LogP contribution < -0.4 is 0 Å². The topological polar surface area (TPSA) is 3.24 Å². The molecule has 0 N–H and O–H groups in total. The fraction of sp³-hybridized carbons (Fsp3) is 1.00. The fourth-order valence-corrected chi connectivity index (χ4v) is 1.54. The van der Waals surface area contributed by atoms with Crippen molar-refractivity contribution in [1.82, 2.24) is 4.90 Å². The molecule has 0 spiro atoms. The third-order valence-corrected chi connectivity index (χ3v) is 2.55. The van der Waals surface area contributed by atoms with E-state index in [9.17, 15) is 0 Å². The van der Waals surface area contributed by atoms with Crippen molar-refractivity contribution < 1.29 is 0 Å². The molecule has 1 aliphatic rings. The van der Waals surface area contributed by atoms with Crippen LogP contribution in [0.3, 0.4) is 0 Å². The Balaban J connectivity index is 0.000000424. The smallest absolute Gasteiger partial charge is 0.102 e. The summed E-state index contributed by atoms with van der Waals surface area (Å²) >= 11 is 0. The number of hydrogen-bond acceptors (Lipinski definition) is 1. The lowest BCUT2D eigenvalue weighted by molar-refractivity contribution is 0.156. The second-order valence-electron chi connectivity index (χ2n) is 4.39. The Kier molecular flexibility index (Phi) is 7.45. The first-order valence-electron chi connectivity index (χ1n) is 5.59. The second kappa shape index (κ2) is 7.43. The van der Waals surface area contributed by atoms with E-state index in [1.807, 2.05) is 20.9 Å². The molecule has 77 valence electrons. The van der Waals surface area contributed by atoms with Crippen LogP contribution in [-0.4, -0.2) is 31.3 Å². The zero-order valence-electron chi connectivity index (χ0n) is 10.0. The standard InChI is InChI=1S/C9H19N.C2H6B/c1-8(2)10-6-4-9(3)5-7-10;1-3-2/h8-9H,4-7H2,1-3H3;1-2H3. The van der Waals surface area contributed by atoms with Crippen molar-refractivity contribution in [3.05, 3.63) is 0 Å². The Hall–Kier alpha value is 0.0249.